The quantitative estimate of drug-likeness (QED) is 0.574. The van der Waals surface area contributed by atoms with Crippen LogP contribution in [0.3, 0.4) is 0 Å². The SMILES string of the molecule is CCOC(=O)c1cn(C2CN(C)C2)c2ccc(I)cc2c1=O. The van der Waals surface area contributed by atoms with Gasteiger partial charge < -0.3 is 14.2 Å². The van der Waals surface area contributed by atoms with Crippen LogP contribution in [0.25, 0.3) is 10.9 Å². The van der Waals surface area contributed by atoms with Crippen molar-refractivity contribution in [3.05, 3.63) is 43.8 Å². The average Bonchev–Trinajstić information content (AvgIpc) is 2.45. The van der Waals surface area contributed by atoms with Gasteiger partial charge in [-0.15, -0.1) is 0 Å². The lowest BCUT2D eigenvalue weighted by Crippen LogP contribution is -2.45. The molecule has 0 spiro atoms. The highest BCUT2D eigenvalue weighted by atomic mass is 127. The zero-order chi connectivity index (χ0) is 15.9. The van der Waals surface area contributed by atoms with E-state index in [9.17, 15) is 9.59 Å². The zero-order valence-corrected chi connectivity index (χ0v) is 14.7. The molecule has 1 aromatic carbocycles. The minimum Gasteiger partial charge on any atom is -0.462 e. The Kier molecular flexibility index (Phi) is 4.22. The number of carbonyl (C=O) groups is 1. The van der Waals surface area contributed by atoms with Crippen LogP contribution in [0.5, 0.6) is 0 Å². The molecule has 22 heavy (non-hydrogen) atoms. The fourth-order valence-electron chi connectivity index (χ4n) is 2.83. The van der Waals surface area contributed by atoms with Crippen molar-refractivity contribution in [2.75, 3.05) is 26.7 Å². The van der Waals surface area contributed by atoms with E-state index in [4.69, 9.17) is 4.74 Å². The largest absolute Gasteiger partial charge is 0.462 e. The molecule has 0 radical (unpaired) electrons. The summed E-state index contributed by atoms with van der Waals surface area (Å²) in [5.74, 6) is -0.547. The molecule has 1 saturated heterocycles. The number of aromatic nitrogens is 1. The second-order valence-electron chi connectivity index (χ2n) is 5.54. The molecular formula is C16H17IN2O3. The standard InChI is InChI=1S/C16H17IN2O3/c1-3-22-16(21)13-9-19(11-7-18(2)8-11)14-5-4-10(17)6-12(14)15(13)20/h4-6,9,11H,3,7-8H2,1-2H3. The molecular weight excluding hydrogens is 395 g/mol. The van der Waals surface area contributed by atoms with Crippen LogP contribution in [-0.4, -0.2) is 42.2 Å². The van der Waals surface area contributed by atoms with Crippen LogP contribution in [0.15, 0.2) is 29.2 Å². The third kappa shape index (κ3) is 2.65. The van der Waals surface area contributed by atoms with Crippen LogP contribution in [0.4, 0.5) is 0 Å². The summed E-state index contributed by atoms with van der Waals surface area (Å²) in [4.78, 5) is 26.9. The van der Waals surface area contributed by atoms with Gasteiger partial charge in [-0.1, -0.05) is 0 Å². The van der Waals surface area contributed by atoms with Crippen molar-refractivity contribution in [3.63, 3.8) is 0 Å². The molecule has 1 aliphatic heterocycles. The minimum atomic E-state index is -0.547. The topological polar surface area (TPSA) is 51.5 Å². The molecule has 2 aromatic rings. The number of hydrogen-bond donors (Lipinski definition) is 0. The number of likely N-dealkylation sites (N-methyl/N-ethyl adjacent to an activating group) is 1. The maximum atomic E-state index is 12.6. The van der Waals surface area contributed by atoms with E-state index >= 15 is 0 Å². The molecule has 0 N–H and O–H groups in total. The molecule has 0 atom stereocenters. The van der Waals surface area contributed by atoms with E-state index in [1.807, 2.05) is 22.8 Å². The Morgan fingerprint density at radius 3 is 2.77 bits per heavy atom. The second-order valence-corrected chi connectivity index (χ2v) is 6.78. The van der Waals surface area contributed by atoms with Crippen molar-refractivity contribution in [2.24, 2.45) is 0 Å². The fourth-order valence-corrected chi connectivity index (χ4v) is 3.32. The molecule has 1 aliphatic rings. The number of carbonyl (C=O) groups excluding carboxylic acids is 1. The van der Waals surface area contributed by atoms with E-state index in [0.717, 1.165) is 22.2 Å². The van der Waals surface area contributed by atoms with E-state index in [0.29, 0.717) is 5.39 Å². The summed E-state index contributed by atoms with van der Waals surface area (Å²) >= 11 is 2.17. The third-order valence-electron chi connectivity index (χ3n) is 3.93. The number of likely N-dealkylation sites (tertiary alicyclic amines) is 1. The lowest BCUT2D eigenvalue weighted by atomic mass is 10.1. The first-order valence-corrected chi connectivity index (χ1v) is 8.29. The number of halogens is 1. The van der Waals surface area contributed by atoms with Gasteiger partial charge in [0, 0.05) is 28.2 Å². The van der Waals surface area contributed by atoms with Crippen LogP contribution in [-0.2, 0) is 4.74 Å². The number of nitrogens with zero attached hydrogens (tertiary/aromatic N) is 2. The van der Waals surface area contributed by atoms with Gasteiger partial charge in [-0.05, 0) is 54.8 Å². The molecule has 6 heteroatoms. The predicted molar refractivity (Wildman–Crippen MR) is 93.4 cm³/mol. The Morgan fingerprint density at radius 2 is 2.14 bits per heavy atom. The van der Waals surface area contributed by atoms with Gasteiger partial charge in [-0.25, -0.2) is 4.79 Å². The molecule has 0 bridgehead atoms. The Bertz CT molecular complexity index is 794. The number of fused-ring (bicyclic) bond motifs is 1. The summed E-state index contributed by atoms with van der Waals surface area (Å²) in [6.07, 6.45) is 1.66. The van der Waals surface area contributed by atoms with Gasteiger partial charge in [-0.2, -0.15) is 0 Å². The summed E-state index contributed by atoms with van der Waals surface area (Å²) in [6.45, 7) is 3.81. The lowest BCUT2D eigenvalue weighted by Gasteiger charge is -2.38. The van der Waals surface area contributed by atoms with E-state index < -0.39 is 5.97 Å². The molecule has 0 unspecified atom stereocenters. The van der Waals surface area contributed by atoms with Gasteiger partial charge in [0.05, 0.1) is 18.2 Å². The smallest absolute Gasteiger partial charge is 0.343 e. The zero-order valence-electron chi connectivity index (χ0n) is 12.5. The molecule has 1 fully saturated rings. The molecule has 5 nitrogen and oxygen atoms in total. The first-order chi connectivity index (χ1) is 10.5. The maximum absolute atomic E-state index is 12.6. The van der Waals surface area contributed by atoms with Crippen molar-refractivity contribution in [3.8, 4) is 0 Å². The number of ether oxygens (including phenoxy) is 1. The van der Waals surface area contributed by atoms with E-state index in [1.165, 1.54) is 0 Å². The first kappa shape index (κ1) is 15.5. The highest BCUT2D eigenvalue weighted by Gasteiger charge is 2.27. The van der Waals surface area contributed by atoms with E-state index in [-0.39, 0.29) is 23.6 Å². The summed E-state index contributed by atoms with van der Waals surface area (Å²) in [6, 6.07) is 6.04. The second kappa shape index (κ2) is 6.00. The van der Waals surface area contributed by atoms with Gasteiger partial charge in [-0.3, -0.25) is 4.79 Å². The fraction of sp³-hybridized carbons (Fsp3) is 0.375. The van der Waals surface area contributed by atoms with Gasteiger partial charge in [0.15, 0.2) is 0 Å². The number of pyridine rings is 1. The molecule has 0 aliphatic carbocycles. The maximum Gasteiger partial charge on any atom is 0.343 e. The predicted octanol–water partition coefficient (Wildman–Crippen LogP) is 2.27. The number of esters is 1. The summed E-state index contributed by atoms with van der Waals surface area (Å²) in [5.41, 5.74) is 0.735. The molecule has 3 rings (SSSR count). The van der Waals surface area contributed by atoms with Crippen molar-refractivity contribution < 1.29 is 9.53 Å². The molecule has 0 saturated carbocycles. The highest BCUT2D eigenvalue weighted by molar-refractivity contribution is 14.1. The molecule has 2 heterocycles. The first-order valence-electron chi connectivity index (χ1n) is 7.21. The Balaban J connectivity index is 2.22. The van der Waals surface area contributed by atoms with E-state index in [2.05, 4.69) is 34.5 Å². The van der Waals surface area contributed by atoms with Crippen LogP contribution in [0.1, 0.15) is 23.3 Å². The normalized spacial score (nSPS) is 15.8. The lowest BCUT2D eigenvalue weighted by molar-refractivity contribution is 0.0523. The van der Waals surface area contributed by atoms with Crippen molar-refractivity contribution in [1.29, 1.82) is 0 Å². The van der Waals surface area contributed by atoms with Crippen molar-refractivity contribution in [1.82, 2.24) is 9.47 Å². The Hall–Kier alpha value is -1.41. The molecule has 0 amide bonds. The van der Waals surface area contributed by atoms with Crippen LogP contribution >= 0.6 is 22.6 Å². The summed E-state index contributed by atoms with van der Waals surface area (Å²) in [5, 5.41) is 0.576. The highest BCUT2D eigenvalue weighted by Crippen LogP contribution is 2.25. The van der Waals surface area contributed by atoms with Crippen LogP contribution in [0, 0.1) is 3.57 Å². The van der Waals surface area contributed by atoms with Crippen molar-refractivity contribution >= 4 is 39.5 Å². The molecule has 1 aromatic heterocycles. The summed E-state index contributed by atoms with van der Waals surface area (Å²) in [7, 11) is 2.05. The third-order valence-corrected chi connectivity index (χ3v) is 4.60. The number of benzene rings is 1. The van der Waals surface area contributed by atoms with Gasteiger partial charge >= 0.3 is 5.97 Å². The minimum absolute atomic E-state index is 0.117. The van der Waals surface area contributed by atoms with Gasteiger partial charge in [0.1, 0.15) is 5.56 Å². The van der Waals surface area contributed by atoms with Crippen LogP contribution in [0.2, 0.25) is 0 Å². The van der Waals surface area contributed by atoms with E-state index in [1.54, 1.807) is 13.1 Å². The Labute approximate surface area is 142 Å². The number of hydrogen-bond acceptors (Lipinski definition) is 4. The van der Waals surface area contributed by atoms with Crippen molar-refractivity contribution in [2.45, 2.75) is 13.0 Å². The van der Waals surface area contributed by atoms with Gasteiger partial charge in [0.25, 0.3) is 0 Å². The monoisotopic (exact) mass is 412 g/mol. The average molecular weight is 412 g/mol. The van der Waals surface area contributed by atoms with Gasteiger partial charge in [0.2, 0.25) is 5.43 Å². The molecule has 116 valence electrons. The van der Waals surface area contributed by atoms with Crippen LogP contribution < -0.4 is 5.43 Å². The Morgan fingerprint density at radius 1 is 1.41 bits per heavy atom. The summed E-state index contributed by atoms with van der Waals surface area (Å²) < 4.78 is 8.04. The number of rotatable bonds is 3.